The van der Waals surface area contributed by atoms with E-state index in [0.29, 0.717) is 5.69 Å². The van der Waals surface area contributed by atoms with E-state index in [1.807, 2.05) is 18.2 Å². The summed E-state index contributed by atoms with van der Waals surface area (Å²) in [6.45, 7) is 0. The summed E-state index contributed by atoms with van der Waals surface area (Å²) in [5.41, 5.74) is 1.18. The number of pyridine rings is 1. The maximum atomic E-state index is 12.2. The van der Waals surface area contributed by atoms with E-state index in [1.54, 1.807) is 11.6 Å². The van der Waals surface area contributed by atoms with Crippen LogP contribution in [0.3, 0.4) is 0 Å². The Morgan fingerprint density at radius 2 is 2.00 bits per heavy atom. The zero-order valence-corrected chi connectivity index (χ0v) is 12.6. The minimum Gasteiger partial charge on any atom is -0.458 e. The zero-order chi connectivity index (χ0) is 14.5. The quantitative estimate of drug-likeness (QED) is 0.633. The first kappa shape index (κ1) is 14.2. The monoisotopic (exact) mass is 302 g/mol. The third kappa shape index (κ3) is 3.67. The Labute approximate surface area is 128 Å². The lowest BCUT2D eigenvalue weighted by molar-refractivity contribution is 0.0261. The molecule has 21 heavy (non-hydrogen) atoms. The fourth-order valence-electron chi connectivity index (χ4n) is 2.55. The summed E-state index contributed by atoms with van der Waals surface area (Å²) in [5.74, 6) is -0.305. The maximum Gasteiger partial charge on any atom is 0.358 e. The maximum absolute atomic E-state index is 12.2. The molecule has 0 radical (unpaired) electrons. The first-order valence-corrected chi connectivity index (χ1v) is 8.29. The third-order valence-electron chi connectivity index (χ3n) is 3.67. The highest BCUT2D eigenvalue weighted by Gasteiger charge is 2.20. The van der Waals surface area contributed by atoms with Crippen LogP contribution in [0, 0.1) is 0 Å². The second-order valence-electron chi connectivity index (χ2n) is 5.27. The Morgan fingerprint density at radius 1 is 1.19 bits per heavy atom. The lowest BCUT2D eigenvalue weighted by Crippen LogP contribution is -2.17. The number of nitrogens with zero attached hydrogens (tertiary/aromatic N) is 2. The fraction of sp³-hybridized carbons (Fsp3) is 0.438. The van der Waals surface area contributed by atoms with Crippen LogP contribution in [0.1, 0.15) is 49.0 Å². The number of hydrogen-bond donors (Lipinski definition) is 0. The highest BCUT2D eigenvalue weighted by atomic mass is 32.1. The van der Waals surface area contributed by atoms with Gasteiger partial charge in [-0.1, -0.05) is 18.9 Å². The van der Waals surface area contributed by atoms with Crippen LogP contribution >= 0.6 is 11.3 Å². The molecular weight excluding hydrogens is 284 g/mol. The Morgan fingerprint density at radius 3 is 2.71 bits per heavy atom. The molecule has 1 saturated carbocycles. The number of ether oxygens (including phenoxy) is 1. The van der Waals surface area contributed by atoms with Crippen molar-refractivity contribution in [1.29, 1.82) is 0 Å². The number of aromatic nitrogens is 2. The van der Waals surface area contributed by atoms with Gasteiger partial charge in [0.15, 0.2) is 5.69 Å². The molecule has 3 rings (SSSR count). The van der Waals surface area contributed by atoms with E-state index in [4.69, 9.17) is 4.74 Å². The van der Waals surface area contributed by atoms with Gasteiger partial charge in [0.05, 0.1) is 5.69 Å². The summed E-state index contributed by atoms with van der Waals surface area (Å²) in [6.07, 6.45) is 8.51. The van der Waals surface area contributed by atoms with Crippen molar-refractivity contribution in [3.63, 3.8) is 0 Å². The largest absolute Gasteiger partial charge is 0.458 e. The van der Waals surface area contributed by atoms with Crippen LogP contribution in [-0.2, 0) is 4.74 Å². The predicted octanol–water partition coefficient (Wildman–Crippen LogP) is 4.08. The Balaban J connectivity index is 1.66. The summed E-state index contributed by atoms with van der Waals surface area (Å²) in [7, 11) is 0. The third-order valence-corrected chi connectivity index (χ3v) is 4.54. The van der Waals surface area contributed by atoms with Gasteiger partial charge in [0.2, 0.25) is 0 Å². The lowest BCUT2D eigenvalue weighted by atomic mass is 10.1. The molecule has 4 nitrogen and oxygen atoms in total. The van der Waals surface area contributed by atoms with E-state index in [2.05, 4.69) is 9.97 Å². The van der Waals surface area contributed by atoms with E-state index >= 15 is 0 Å². The van der Waals surface area contributed by atoms with Gasteiger partial charge in [-0.2, -0.15) is 0 Å². The summed E-state index contributed by atoms with van der Waals surface area (Å²) in [6, 6.07) is 5.66. The Kier molecular flexibility index (Phi) is 4.60. The van der Waals surface area contributed by atoms with E-state index in [0.717, 1.165) is 36.4 Å². The van der Waals surface area contributed by atoms with Crippen LogP contribution in [0.2, 0.25) is 0 Å². The molecule has 1 aliphatic carbocycles. The highest BCUT2D eigenvalue weighted by molar-refractivity contribution is 7.13. The molecule has 0 saturated heterocycles. The van der Waals surface area contributed by atoms with E-state index in [1.165, 1.54) is 24.2 Å². The van der Waals surface area contributed by atoms with Crippen molar-refractivity contribution in [1.82, 2.24) is 9.97 Å². The topological polar surface area (TPSA) is 52.1 Å². The minimum absolute atomic E-state index is 0.0556. The van der Waals surface area contributed by atoms with Crippen molar-refractivity contribution in [3.8, 4) is 10.7 Å². The van der Waals surface area contributed by atoms with Gasteiger partial charge in [0, 0.05) is 11.6 Å². The standard InChI is InChI=1S/C16H18N2O2S/c19-16(20-12-7-3-1-2-4-8-12)14-11-21-15(18-14)13-9-5-6-10-17-13/h5-6,9-12H,1-4,7-8H2. The highest BCUT2D eigenvalue weighted by Crippen LogP contribution is 2.24. The number of carbonyl (C=O) groups excluding carboxylic acids is 1. The van der Waals surface area contributed by atoms with Gasteiger partial charge in [-0.05, 0) is 37.8 Å². The molecule has 110 valence electrons. The van der Waals surface area contributed by atoms with Crippen LogP contribution in [0.25, 0.3) is 10.7 Å². The number of thiazole rings is 1. The summed E-state index contributed by atoms with van der Waals surface area (Å²) < 4.78 is 5.59. The normalized spacial score (nSPS) is 16.4. The van der Waals surface area contributed by atoms with Crippen molar-refractivity contribution in [2.75, 3.05) is 0 Å². The van der Waals surface area contributed by atoms with Gasteiger partial charge in [-0.15, -0.1) is 11.3 Å². The average Bonchev–Trinajstić information content (AvgIpc) is 2.88. The van der Waals surface area contributed by atoms with E-state index < -0.39 is 0 Å². The SMILES string of the molecule is O=C(OC1CCCCCC1)c1csc(-c2ccccn2)n1. The molecule has 0 amide bonds. The molecule has 0 N–H and O–H groups in total. The Bertz CT molecular complexity index is 589. The molecule has 0 atom stereocenters. The average molecular weight is 302 g/mol. The molecule has 2 aromatic heterocycles. The van der Waals surface area contributed by atoms with Crippen molar-refractivity contribution in [2.45, 2.75) is 44.6 Å². The van der Waals surface area contributed by atoms with Crippen molar-refractivity contribution >= 4 is 17.3 Å². The summed E-state index contributed by atoms with van der Waals surface area (Å²) in [4.78, 5) is 20.8. The summed E-state index contributed by atoms with van der Waals surface area (Å²) in [5, 5.41) is 2.51. The van der Waals surface area contributed by atoms with Gasteiger partial charge < -0.3 is 4.74 Å². The first-order valence-electron chi connectivity index (χ1n) is 7.41. The molecule has 2 aromatic rings. The molecule has 0 spiro atoms. The molecule has 0 aliphatic heterocycles. The fourth-order valence-corrected chi connectivity index (χ4v) is 3.31. The Hall–Kier alpha value is -1.75. The van der Waals surface area contributed by atoms with Crippen LogP contribution in [-0.4, -0.2) is 22.0 Å². The van der Waals surface area contributed by atoms with Gasteiger partial charge in [-0.25, -0.2) is 9.78 Å². The van der Waals surface area contributed by atoms with Gasteiger partial charge in [0.1, 0.15) is 11.1 Å². The molecule has 0 unspecified atom stereocenters. The van der Waals surface area contributed by atoms with Crippen molar-refractivity contribution in [3.05, 3.63) is 35.5 Å². The van der Waals surface area contributed by atoms with Crippen molar-refractivity contribution < 1.29 is 9.53 Å². The predicted molar refractivity (Wildman–Crippen MR) is 82.3 cm³/mol. The molecule has 1 fully saturated rings. The van der Waals surface area contributed by atoms with Crippen molar-refractivity contribution in [2.24, 2.45) is 0 Å². The number of rotatable bonds is 3. The second-order valence-corrected chi connectivity index (χ2v) is 6.13. The molecule has 0 aromatic carbocycles. The zero-order valence-electron chi connectivity index (χ0n) is 11.8. The second kappa shape index (κ2) is 6.80. The molecular formula is C16H18N2O2S. The molecule has 2 heterocycles. The van der Waals surface area contributed by atoms with E-state index in [9.17, 15) is 4.79 Å². The first-order chi connectivity index (χ1) is 10.3. The van der Waals surface area contributed by atoms with Gasteiger partial charge in [0.25, 0.3) is 0 Å². The summed E-state index contributed by atoms with van der Waals surface area (Å²) >= 11 is 1.42. The smallest absolute Gasteiger partial charge is 0.358 e. The van der Waals surface area contributed by atoms with Crippen LogP contribution < -0.4 is 0 Å². The van der Waals surface area contributed by atoms with E-state index in [-0.39, 0.29) is 12.1 Å². The lowest BCUT2D eigenvalue weighted by Gasteiger charge is -2.14. The van der Waals surface area contributed by atoms with Crippen LogP contribution in [0.4, 0.5) is 0 Å². The molecule has 0 bridgehead atoms. The minimum atomic E-state index is -0.305. The number of hydrogen-bond acceptors (Lipinski definition) is 5. The molecule has 1 aliphatic rings. The number of carbonyl (C=O) groups is 1. The van der Waals surface area contributed by atoms with Crippen LogP contribution in [0.5, 0.6) is 0 Å². The van der Waals surface area contributed by atoms with Gasteiger partial charge >= 0.3 is 5.97 Å². The van der Waals surface area contributed by atoms with Gasteiger partial charge in [-0.3, -0.25) is 4.98 Å². The molecule has 5 heteroatoms. The van der Waals surface area contributed by atoms with Crippen LogP contribution in [0.15, 0.2) is 29.8 Å². The number of esters is 1.